The van der Waals surface area contributed by atoms with Crippen LogP contribution in [0.25, 0.3) is 82.1 Å². The van der Waals surface area contributed by atoms with Gasteiger partial charge in [-0.25, -0.2) is 0 Å². The smallest absolute Gasteiger partial charge is 0.160 e. The van der Waals surface area contributed by atoms with Crippen molar-refractivity contribution in [2.45, 2.75) is 0 Å². The second kappa shape index (κ2) is 10.4. The summed E-state index contributed by atoms with van der Waals surface area (Å²) >= 11 is 0. The third kappa shape index (κ3) is 3.81. The summed E-state index contributed by atoms with van der Waals surface area (Å²) in [7, 11) is 0. The molecule has 3 heterocycles. The van der Waals surface area contributed by atoms with Crippen molar-refractivity contribution >= 4 is 93.5 Å². The molecule has 0 amide bonds. The number of fused-ring (bicyclic) bond motifs is 11. The number of rotatable bonds is 4. The van der Waals surface area contributed by atoms with E-state index in [9.17, 15) is 0 Å². The van der Waals surface area contributed by atoms with Crippen molar-refractivity contribution in [3.05, 3.63) is 170 Å². The van der Waals surface area contributed by atoms with E-state index in [1.807, 2.05) is 18.2 Å². The van der Waals surface area contributed by atoms with Crippen LogP contribution in [0.2, 0.25) is 0 Å². The first-order chi connectivity index (χ1) is 24.8. The van der Waals surface area contributed by atoms with Crippen LogP contribution in [0.4, 0.5) is 17.1 Å². The highest BCUT2D eigenvalue weighted by atomic mass is 16.3. The van der Waals surface area contributed by atoms with E-state index >= 15 is 0 Å². The molecule has 0 radical (unpaired) electrons. The highest BCUT2D eigenvalue weighted by Gasteiger charge is 2.26. The van der Waals surface area contributed by atoms with Gasteiger partial charge < -0.3 is 18.3 Å². The Kier molecular flexibility index (Phi) is 5.63. The van der Waals surface area contributed by atoms with Crippen molar-refractivity contribution in [2.24, 2.45) is 0 Å². The maximum absolute atomic E-state index is 6.88. The molecule has 0 fully saturated rings. The maximum Gasteiger partial charge on any atom is 0.160 e. The van der Waals surface area contributed by atoms with Gasteiger partial charge in [-0.3, -0.25) is 0 Å². The average molecular weight is 641 g/mol. The Bertz CT molecular complexity index is 3110. The van der Waals surface area contributed by atoms with Crippen LogP contribution in [-0.4, -0.2) is 4.57 Å². The van der Waals surface area contributed by atoms with Crippen LogP contribution >= 0.6 is 0 Å². The molecular formula is C46H28N2O2. The summed E-state index contributed by atoms with van der Waals surface area (Å²) in [5.74, 6) is 0. The number of benzene rings is 8. The number of aromatic nitrogens is 1. The number of hydrogen-bond donors (Lipinski definition) is 0. The lowest BCUT2D eigenvalue weighted by molar-refractivity contribution is 0.669. The first kappa shape index (κ1) is 27.2. The van der Waals surface area contributed by atoms with Crippen molar-refractivity contribution in [1.82, 2.24) is 4.57 Å². The monoisotopic (exact) mass is 640 g/mol. The van der Waals surface area contributed by atoms with E-state index in [4.69, 9.17) is 8.83 Å². The molecule has 4 nitrogen and oxygen atoms in total. The highest BCUT2D eigenvalue weighted by Crippen LogP contribution is 2.49. The summed E-state index contributed by atoms with van der Waals surface area (Å²) < 4.78 is 15.6. The van der Waals surface area contributed by atoms with Gasteiger partial charge in [0.1, 0.15) is 16.7 Å². The number of anilines is 3. The Balaban J connectivity index is 1.32. The fraction of sp³-hybridized carbons (Fsp3) is 0. The molecule has 11 rings (SSSR count). The van der Waals surface area contributed by atoms with Crippen LogP contribution in [0.5, 0.6) is 0 Å². The maximum atomic E-state index is 6.88. The van der Waals surface area contributed by atoms with Gasteiger partial charge in [-0.15, -0.1) is 0 Å². The molecule has 0 saturated carbocycles. The second-order valence-corrected chi connectivity index (χ2v) is 12.9. The normalized spacial score (nSPS) is 12.0. The fourth-order valence-electron chi connectivity index (χ4n) is 8.01. The summed E-state index contributed by atoms with van der Waals surface area (Å²) in [5, 5.41) is 9.09. The molecule has 0 aliphatic carbocycles. The Morgan fingerprint density at radius 1 is 0.420 bits per heavy atom. The molecule has 0 unspecified atom stereocenters. The molecule has 234 valence electrons. The van der Waals surface area contributed by atoms with Gasteiger partial charge >= 0.3 is 0 Å². The second-order valence-electron chi connectivity index (χ2n) is 12.9. The van der Waals surface area contributed by atoms with Gasteiger partial charge in [-0.2, -0.15) is 0 Å². The fourth-order valence-corrected chi connectivity index (χ4v) is 8.01. The van der Waals surface area contributed by atoms with Crippen LogP contribution in [0.3, 0.4) is 0 Å². The molecule has 4 heteroatoms. The van der Waals surface area contributed by atoms with Gasteiger partial charge in [0, 0.05) is 43.7 Å². The summed E-state index contributed by atoms with van der Waals surface area (Å²) in [6, 6.07) is 60.1. The third-order valence-corrected chi connectivity index (χ3v) is 10.1. The van der Waals surface area contributed by atoms with E-state index in [0.29, 0.717) is 0 Å². The van der Waals surface area contributed by atoms with Gasteiger partial charge in [0.2, 0.25) is 0 Å². The van der Waals surface area contributed by atoms with Crippen molar-refractivity contribution in [3.63, 3.8) is 0 Å². The number of hydrogen-bond acceptors (Lipinski definition) is 3. The summed E-state index contributed by atoms with van der Waals surface area (Å²) in [4.78, 5) is 2.39. The Labute approximate surface area is 286 Å². The van der Waals surface area contributed by atoms with Gasteiger partial charge in [-0.05, 0) is 71.4 Å². The van der Waals surface area contributed by atoms with Crippen LogP contribution in [0, 0.1) is 0 Å². The third-order valence-electron chi connectivity index (χ3n) is 10.1. The van der Waals surface area contributed by atoms with E-state index in [-0.39, 0.29) is 0 Å². The van der Waals surface area contributed by atoms with E-state index in [1.165, 1.54) is 16.2 Å². The molecule has 0 aliphatic heterocycles. The number of furan rings is 2. The average Bonchev–Trinajstić information content (AvgIpc) is 3.86. The lowest BCUT2D eigenvalue weighted by Gasteiger charge is -2.27. The highest BCUT2D eigenvalue weighted by molar-refractivity contribution is 6.24. The van der Waals surface area contributed by atoms with Crippen LogP contribution in [0.1, 0.15) is 0 Å². The summed E-state index contributed by atoms with van der Waals surface area (Å²) in [5.41, 5.74) is 9.87. The lowest BCUT2D eigenvalue weighted by Crippen LogP contribution is -2.12. The molecule has 0 saturated heterocycles. The van der Waals surface area contributed by atoms with Gasteiger partial charge in [-0.1, -0.05) is 109 Å². The quantitative estimate of drug-likeness (QED) is 0.192. The SMILES string of the molecule is c1ccc(-n2c3ccccc3c3cccc(N(c4ccc5oc6ccccc6c5c4)c4cc5ccccc5c5c4oc4ccccc45)c32)cc1. The van der Waals surface area contributed by atoms with Gasteiger partial charge in [0.15, 0.2) is 5.58 Å². The van der Waals surface area contributed by atoms with Crippen LogP contribution < -0.4 is 4.90 Å². The Hall–Kier alpha value is -6.78. The van der Waals surface area contributed by atoms with E-state index in [1.54, 1.807) is 0 Å². The predicted octanol–water partition coefficient (Wildman–Crippen LogP) is 13.2. The molecule has 0 bridgehead atoms. The first-order valence-electron chi connectivity index (χ1n) is 16.9. The minimum absolute atomic E-state index is 0.849. The number of nitrogens with zero attached hydrogens (tertiary/aromatic N) is 2. The molecule has 0 aliphatic rings. The lowest BCUT2D eigenvalue weighted by atomic mass is 10.0. The topological polar surface area (TPSA) is 34.5 Å². The first-order valence-corrected chi connectivity index (χ1v) is 16.9. The molecule has 0 spiro atoms. The Morgan fingerprint density at radius 3 is 1.94 bits per heavy atom. The van der Waals surface area contributed by atoms with E-state index in [0.717, 1.165) is 83.0 Å². The van der Waals surface area contributed by atoms with Crippen molar-refractivity contribution in [3.8, 4) is 5.69 Å². The predicted molar refractivity (Wildman–Crippen MR) is 208 cm³/mol. The van der Waals surface area contributed by atoms with Crippen LogP contribution in [0.15, 0.2) is 179 Å². The molecule has 0 N–H and O–H groups in total. The zero-order valence-electron chi connectivity index (χ0n) is 26.9. The van der Waals surface area contributed by atoms with Crippen molar-refractivity contribution in [1.29, 1.82) is 0 Å². The molecule has 11 aromatic rings. The van der Waals surface area contributed by atoms with Crippen molar-refractivity contribution in [2.75, 3.05) is 4.90 Å². The largest absolute Gasteiger partial charge is 0.456 e. The molecule has 50 heavy (non-hydrogen) atoms. The van der Waals surface area contributed by atoms with Crippen LogP contribution in [-0.2, 0) is 0 Å². The molecule has 0 atom stereocenters. The molecular weight excluding hydrogens is 613 g/mol. The zero-order chi connectivity index (χ0) is 32.8. The van der Waals surface area contributed by atoms with E-state index < -0.39 is 0 Å². The minimum Gasteiger partial charge on any atom is -0.456 e. The van der Waals surface area contributed by atoms with Gasteiger partial charge in [0.05, 0.1) is 22.4 Å². The summed E-state index contributed by atoms with van der Waals surface area (Å²) in [6.07, 6.45) is 0. The Morgan fingerprint density at radius 2 is 1.08 bits per heavy atom. The minimum atomic E-state index is 0.849. The number of para-hydroxylation sites is 5. The van der Waals surface area contributed by atoms with Crippen molar-refractivity contribution < 1.29 is 8.83 Å². The molecule has 8 aromatic carbocycles. The van der Waals surface area contributed by atoms with Gasteiger partial charge in [0.25, 0.3) is 0 Å². The zero-order valence-corrected chi connectivity index (χ0v) is 26.9. The van der Waals surface area contributed by atoms with E-state index in [2.05, 4.69) is 161 Å². The summed E-state index contributed by atoms with van der Waals surface area (Å²) in [6.45, 7) is 0. The molecule has 3 aromatic heterocycles. The standard InChI is InChI=1S/C46H28N2O2/c1-2-14-30(15-3-1)48-38-21-9-6-17-33(38)35-20-12-22-39(45(35)48)47(31-25-26-43-37(28-31)34-18-7-10-23-41(34)49-43)40-27-29-13-4-5-16-32(29)44-36-19-8-11-24-42(36)50-46(40)44/h1-28H.